The van der Waals surface area contributed by atoms with E-state index in [1.54, 1.807) is 0 Å². The summed E-state index contributed by atoms with van der Waals surface area (Å²) < 4.78 is 16.7. The van der Waals surface area contributed by atoms with Gasteiger partial charge >= 0.3 is 17.9 Å². The van der Waals surface area contributed by atoms with Gasteiger partial charge in [-0.05, 0) is 37.0 Å². The number of ether oxygens (including phenoxy) is 3. The van der Waals surface area contributed by atoms with E-state index in [1.807, 2.05) is 0 Å². The van der Waals surface area contributed by atoms with Crippen molar-refractivity contribution in [3.05, 3.63) is 0 Å². The van der Waals surface area contributed by atoms with Gasteiger partial charge < -0.3 is 14.2 Å². The fourth-order valence-corrected chi connectivity index (χ4v) is 7.38. The molecule has 0 saturated heterocycles. The molecule has 1 unspecified atom stereocenters. The third-order valence-corrected chi connectivity index (χ3v) is 11.5. The second-order valence-corrected chi connectivity index (χ2v) is 18.3. The van der Waals surface area contributed by atoms with Crippen LogP contribution in [-0.4, -0.2) is 37.2 Å². The Morgan fingerprint density at radius 2 is 0.625 bits per heavy atom. The van der Waals surface area contributed by atoms with Gasteiger partial charge in [-0.1, -0.05) is 228 Å². The molecule has 0 heterocycles. The molecule has 2 atom stereocenters. The maximum atomic E-state index is 12.7. The van der Waals surface area contributed by atoms with Crippen molar-refractivity contribution < 1.29 is 28.6 Å². The van der Waals surface area contributed by atoms with Crippen LogP contribution in [-0.2, 0) is 28.6 Å². The van der Waals surface area contributed by atoms with Crippen molar-refractivity contribution >= 4 is 17.9 Å². The zero-order valence-corrected chi connectivity index (χ0v) is 38.4. The predicted octanol–water partition coefficient (Wildman–Crippen LogP) is 15.6. The van der Waals surface area contributed by atoms with E-state index in [-0.39, 0.29) is 31.1 Å². The van der Waals surface area contributed by atoms with Crippen LogP contribution in [0.5, 0.6) is 0 Å². The van der Waals surface area contributed by atoms with E-state index in [0.29, 0.717) is 19.3 Å². The third kappa shape index (κ3) is 42.0. The van der Waals surface area contributed by atoms with Crippen molar-refractivity contribution in [2.45, 2.75) is 272 Å². The number of esters is 3. The molecular weight excluding hydrogens is 697 g/mol. The number of rotatable bonds is 43. The fraction of sp³-hybridized carbons (Fsp3) is 0.940. The second kappa shape index (κ2) is 41.6. The van der Waals surface area contributed by atoms with E-state index in [1.165, 1.54) is 148 Å². The highest BCUT2D eigenvalue weighted by molar-refractivity contribution is 5.71. The van der Waals surface area contributed by atoms with Gasteiger partial charge in [-0.15, -0.1) is 0 Å². The zero-order valence-electron chi connectivity index (χ0n) is 38.4. The summed E-state index contributed by atoms with van der Waals surface area (Å²) in [6, 6.07) is 0. The summed E-state index contributed by atoms with van der Waals surface area (Å²) >= 11 is 0. The Kier molecular flexibility index (Phi) is 40.4. The molecule has 0 aromatic rings. The number of hydrogen-bond donors (Lipinski definition) is 0. The molecule has 0 bridgehead atoms. The first-order valence-electron chi connectivity index (χ1n) is 24.6. The highest BCUT2D eigenvalue weighted by Crippen LogP contribution is 2.18. The highest BCUT2D eigenvalue weighted by atomic mass is 16.6. The molecule has 0 rings (SSSR count). The normalized spacial score (nSPS) is 12.6. The molecule has 0 fully saturated rings. The van der Waals surface area contributed by atoms with E-state index >= 15 is 0 Å². The number of carbonyl (C=O) groups is 3. The molecule has 332 valence electrons. The average Bonchev–Trinajstić information content (AvgIpc) is 3.16. The van der Waals surface area contributed by atoms with Gasteiger partial charge in [0.15, 0.2) is 6.10 Å². The minimum Gasteiger partial charge on any atom is -0.462 e. The molecule has 0 aromatic carbocycles. The summed E-state index contributed by atoms with van der Waals surface area (Å²) in [5.41, 5.74) is 0. The average molecular weight is 793 g/mol. The Morgan fingerprint density at radius 3 is 0.929 bits per heavy atom. The molecule has 0 aromatic heterocycles. The van der Waals surface area contributed by atoms with E-state index in [4.69, 9.17) is 14.2 Å². The van der Waals surface area contributed by atoms with Gasteiger partial charge in [0.25, 0.3) is 0 Å². The SMILES string of the molecule is CCC(C)CCCCCCCCC(=O)O[C@H](COC(=O)CCCCCCCCCCCCCCCCC(C)C)COC(=O)CCCCCCCCCCC(C)C. The molecular formula is C50H96O6. The first-order chi connectivity index (χ1) is 27.1. The maximum Gasteiger partial charge on any atom is 0.306 e. The van der Waals surface area contributed by atoms with Gasteiger partial charge in [0.05, 0.1) is 0 Å². The van der Waals surface area contributed by atoms with Gasteiger partial charge in [-0.25, -0.2) is 0 Å². The van der Waals surface area contributed by atoms with Gasteiger partial charge in [-0.2, -0.15) is 0 Å². The third-order valence-electron chi connectivity index (χ3n) is 11.5. The molecule has 0 spiro atoms. The second-order valence-electron chi connectivity index (χ2n) is 18.3. The van der Waals surface area contributed by atoms with Crippen molar-refractivity contribution in [2.24, 2.45) is 17.8 Å². The lowest BCUT2D eigenvalue weighted by Crippen LogP contribution is -2.30. The Labute approximate surface area is 348 Å². The quantitative estimate of drug-likeness (QED) is 0.0348. The van der Waals surface area contributed by atoms with Gasteiger partial charge in [0.2, 0.25) is 0 Å². The Hall–Kier alpha value is -1.59. The summed E-state index contributed by atoms with van der Waals surface area (Å²) in [7, 11) is 0. The van der Waals surface area contributed by atoms with Crippen molar-refractivity contribution in [1.82, 2.24) is 0 Å². The number of carbonyl (C=O) groups excluding carboxylic acids is 3. The van der Waals surface area contributed by atoms with Crippen LogP contribution in [0.15, 0.2) is 0 Å². The molecule has 0 aliphatic carbocycles. The van der Waals surface area contributed by atoms with Crippen LogP contribution in [0.4, 0.5) is 0 Å². The predicted molar refractivity (Wildman–Crippen MR) is 238 cm³/mol. The van der Waals surface area contributed by atoms with Crippen LogP contribution in [0.1, 0.15) is 266 Å². The minimum atomic E-state index is -0.763. The molecule has 0 N–H and O–H groups in total. The fourth-order valence-electron chi connectivity index (χ4n) is 7.38. The molecule has 0 saturated carbocycles. The highest BCUT2D eigenvalue weighted by Gasteiger charge is 2.19. The maximum absolute atomic E-state index is 12.7. The molecule has 6 heteroatoms. The molecule has 6 nitrogen and oxygen atoms in total. The van der Waals surface area contributed by atoms with Crippen molar-refractivity contribution in [2.75, 3.05) is 13.2 Å². The van der Waals surface area contributed by atoms with E-state index in [2.05, 4.69) is 41.5 Å². The first-order valence-corrected chi connectivity index (χ1v) is 24.6. The lowest BCUT2D eigenvalue weighted by molar-refractivity contribution is -0.167. The molecule has 0 radical (unpaired) electrons. The standard InChI is InChI=1S/C50H96O6/c1-7-46(6)38-32-26-22-23-29-35-41-50(53)56-47(43-55-49(52)40-34-28-21-17-16-19-25-31-37-45(4)5)42-54-48(51)39-33-27-20-15-13-11-9-8-10-12-14-18-24-30-36-44(2)3/h44-47H,7-43H2,1-6H3/t46?,47-/m1/s1. The minimum absolute atomic E-state index is 0.0661. The Morgan fingerprint density at radius 1 is 0.357 bits per heavy atom. The van der Waals surface area contributed by atoms with Crippen LogP contribution in [0.25, 0.3) is 0 Å². The van der Waals surface area contributed by atoms with Crippen LogP contribution in [0, 0.1) is 17.8 Å². The van der Waals surface area contributed by atoms with Crippen molar-refractivity contribution in [3.8, 4) is 0 Å². The van der Waals surface area contributed by atoms with E-state index in [9.17, 15) is 14.4 Å². The lowest BCUT2D eigenvalue weighted by Gasteiger charge is -2.18. The van der Waals surface area contributed by atoms with Gasteiger partial charge in [0.1, 0.15) is 13.2 Å². The van der Waals surface area contributed by atoms with E-state index < -0.39 is 6.10 Å². The summed E-state index contributed by atoms with van der Waals surface area (Å²) in [6.45, 7) is 13.7. The zero-order chi connectivity index (χ0) is 41.3. The molecule has 0 aliphatic rings. The molecule has 0 aliphatic heterocycles. The van der Waals surface area contributed by atoms with Crippen LogP contribution in [0.3, 0.4) is 0 Å². The summed E-state index contributed by atoms with van der Waals surface area (Å²) in [5, 5.41) is 0. The summed E-state index contributed by atoms with van der Waals surface area (Å²) in [4.78, 5) is 37.8. The Balaban J connectivity index is 4.27. The van der Waals surface area contributed by atoms with Crippen molar-refractivity contribution in [1.29, 1.82) is 0 Å². The largest absolute Gasteiger partial charge is 0.462 e. The van der Waals surface area contributed by atoms with Gasteiger partial charge in [0, 0.05) is 19.3 Å². The van der Waals surface area contributed by atoms with Crippen LogP contribution < -0.4 is 0 Å². The smallest absolute Gasteiger partial charge is 0.306 e. The van der Waals surface area contributed by atoms with E-state index in [0.717, 1.165) is 75.5 Å². The molecule has 56 heavy (non-hydrogen) atoms. The summed E-state index contributed by atoms with van der Waals surface area (Å²) in [6.07, 6.45) is 39.5. The van der Waals surface area contributed by atoms with Gasteiger partial charge in [-0.3, -0.25) is 14.4 Å². The van der Waals surface area contributed by atoms with Crippen LogP contribution >= 0.6 is 0 Å². The monoisotopic (exact) mass is 793 g/mol. The summed E-state index contributed by atoms with van der Waals surface area (Å²) in [5.74, 6) is 1.59. The first kappa shape index (κ1) is 54.4. The Bertz CT molecular complexity index is 870. The molecule has 0 amide bonds. The number of hydrogen-bond acceptors (Lipinski definition) is 6. The number of unbranched alkanes of at least 4 members (excludes halogenated alkanes) is 25. The topological polar surface area (TPSA) is 78.9 Å². The lowest BCUT2D eigenvalue weighted by atomic mass is 10.00. The van der Waals surface area contributed by atoms with Crippen LogP contribution in [0.2, 0.25) is 0 Å². The van der Waals surface area contributed by atoms with Crippen molar-refractivity contribution in [3.63, 3.8) is 0 Å².